The SMILES string of the molecule is Cc1nc(Nc2ncccc2C)cc([C@H]2CCCN2CC(=O)N(C)C)n1. The summed E-state index contributed by atoms with van der Waals surface area (Å²) in [5.74, 6) is 2.36. The molecule has 0 bridgehead atoms. The Bertz CT molecular complexity index is 791. The first-order chi connectivity index (χ1) is 12.4. The highest BCUT2D eigenvalue weighted by Crippen LogP contribution is 2.32. The van der Waals surface area contributed by atoms with E-state index in [1.807, 2.05) is 32.0 Å². The van der Waals surface area contributed by atoms with Gasteiger partial charge >= 0.3 is 0 Å². The zero-order valence-electron chi connectivity index (χ0n) is 15.9. The van der Waals surface area contributed by atoms with Gasteiger partial charge in [0, 0.05) is 26.4 Å². The lowest BCUT2D eigenvalue weighted by Crippen LogP contribution is -2.36. The van der Waals surface area contributed by atoms with Crippen molar-refractivity contribution in [3.8, 4) is 0 Å². The average Bonchev–Trinajstić information content (AvgIpc) is 3.04. The van der Waals surface area contributed by atoms with Crippen LogP contribution < -0.4 is 5.32 Å². The Kier molecular flexibility index (Phi) is 5.46. The molecule has 1 amide bonds. The zero-order chi connectivity index (χ0) is 18.7. The standard InChI is InChI=1S/C19H26N6O/c1-13-7-5-9-20-19(13)23-17-11-15(21-14(2)22-17)16-8-6-10-25(16)12-18(26)24(3)4/h5,7,9,11,16H,6,8,10,12H2,1-4H3,(H,20,21,22,23)/t16-/m1/s1. The van der Waals surface area contributed by atoms with Gasteiger partial charge in [0.25, 0.3) is 0 Å². The molecule has 138 valence electrons. The molecule has 1 fully saturated rings. The number of likely N-dealkylation sites (N-methyl/N-ethyl adjacent to an activating group) is 1. The molecule has 0 aliphatic carbocycles. The highest BCUT2D eigenvalue weighted by molar-refractivity contribution is 5.77. The predicted molar refractivity (Wildman–Crippen MR) is 101 cm³/mol. The van der Waals surface area contributed by atoms with E-state index in [4.69, 9.17) is 0 Å². The molecule has 26 heavy (non-hydrogen) atoms. The molecule has 7 heteroatoms. The summed E-state index contributed by atoms with van der Waals surface area (Å²) in [6, 6.07) is 6.04. The van der Waals surface area contributed by atoms with Crippen LogP contribution in [0.2, 0.25) is 0 Å². The van der Waals surface area contributed by atoms with E-state index in [9.17, 15) is 4.79 Å². The van der Waals surface area contributed by atoms with Crippen molar-refractivity contribution in [2.45, 2.75) is 32.7 Å². The van der Waals surface area contributed by atoms with E-state index in [0.29, 0.717) is 12.4 Å². The quantitative estimate of drug-likeness (QED) is 0.889. The third-order valence-electron chi connectivity index (χ3n) is 4.66. The summed E-state index contributed by atoms with van der Waals surface area (Å²) in [6.45, 7) is 5.23. The number of aryl methyl sites for hydroxylation is 2. The summed E-state index contributed by atoms with van der Waals surface area (Å²) in [5, 5.41) is 3.29. The normalized spacial score (nSPS) is 17.3. The number of nitrogens with one attached hydrogen (secondary N) is 1. The van der Waals surface area contributed by atoms with Crippen LogP contribution in [0.4, 0.5) is 11.6 Å². The van der Waals surface area contributed by atoms with Crippen LogP contribution in [0, 0.1) is 13.8 Å². The number of carbonyl (C=O) groups excluding carboxylic acids is 1. The average molecular weight is 354 g/mol. The molecule has 0 spiro atoms. The molecule has 1 N–H and O–H groups in total. The van der Waals surface area contributed by atoms with Crippen molar-refractivity contribution in [2.75, 3.05) is 32.5 Å². The van der Waals surface area contributed by atoms with Crippen LogP contribution in [0.3, 0.4) is 0 Å². The van der Waals surface area contributed by atoms with Gasteiger partial charge < -0.3 is 10.2 Å². The largest absolute Gasteiger partial charge is 0.348 e. The molecule has 0 unspecified atom stereocenters. The Labute approximate surface area is 154 Å². The number of nitrogens with zero attached hydrogens (tertiary/aromatic N) is 5. The van der Waals surface area contributed by atoms with Crippen LogP contribution >= 0.6 is 0 Å². The first-order valence-electron chi connectivity index (χ1n) is 8.92. The number of hydrogen-bond donors (Lipinski definition) is 1. The van der Waals surface area contributed by atoms with Crippen LogP contribution in [-0.4, -0.2) is 57.8 Å². The second-order valence-electron chi connectivity index (χ2n) is 6.94. The van der Waals surface area contributed by atoms with Gasteiger partial charge in [-0.1, -0.05) is 6.07 Å². The maximum Gasteiger partial charge on any atom is 0.236 e. The lowest BCUT2D eigenvalue weighted by molar-refractivity contribution is -0.130. The van der Waals surface area contributed by atoms with Gasteiger partial charge in [-0.3, -0.25) is 9.69 Å². The number of anilines is 2. The molecular weight excluding hydrogens is 328 g/mol. The first kappa shape index (κ1) is 18.3. The lowest BCUT2D eigenvalue weighted by atomic mass is 10.1. The summed E-state index contributed by atoms with van der Waals surface area (Å²) in [7, 11) is 3.58. The molecule has 1 saturated heterocycles. The maximum absolute atomic E-state index is 12.1. The molecular formula is C19H26N6O. The van der Waals surface area contributed by atoms with Gasteiger partial charge in [0.1, 0.15) is 17.5 Å². The fraction of sp³-hybridized carbons (Fsp3) is 0.474. The smallest absolute Gasteiger partial charge is 0.236 e. The van der Waals surface area contributed by atoms with E-state index in [2.05, 4.69) is 25.2 Å². The Hall–Kier alpha value is -2.54. The summed E-state index contributed by atoms with van der Waals surface area (Å²) in [6.07, 6.45) is 3.83. The van der Waals surface area contributed by atoms with Gasteiger partial charge in [0.05, 0.1) is 18.3 Å². The number of amides is 1. The van der Waals surface area contributed by atoms with Crippen LogP contribution in [0.1, 0.15) is 36.0 Å². The third kappa shape index (κ3) is 4.16. The number of carbonyl (C=O) groups is 1. The van der Waals surface area contributed by atoms with E-state index in [1.54, 1.807) is 25.2 Å². The van der Waals surface area contributed by atoms with Crippen molar-refractivity contribution < 1.29 is 4.79 Å². The third-order valence-corrected chi connectivity index (χ3v) is 4.66. The van der Waals surface area contributed by atoms with Crippen molar-refractivity contribution in [1.82, 2.24) is 24.8 Å². The summed E-state index contributed by atoms with van der Waals surface area (Å²) in [5.41, 5.74) is 2.02. The molecule has 7 nitrogen and oxygen atoms in total. The minimum Gasteiger partial charge on any atom is -0.348 e. The van der Waals surface area contributed by atoms with Crippen molar-refractivity contribution in [1.29, 1.82) is 0 Å². The molecule has 3 heterocycles. The Morgan fingerprint density at radius 1 is 1.35 bits per heavy atom. The summed E-state index contributed by atoms with van der Waals surface area (Å²) in [4.78, 5) is 29.5. The topological polar surface area (TPSA) is 74.2 Å². The van der Waals surface area contributed by atoms with Gasteiger partial charge in [-0.2, -0.15) is 0 Å². The first-order valence-corrected chi connectivity index (χ1v) is 8.92. The van der Waals surface area contributed by atoms with Crippen molar-refractivity contribution in [2.24, 2.45) is 0 Å². The molecule has 0 saturated carbocycles. The lowest BCUT2D eigenvalue weighted by Gasteiger charge is -2.25. The highest BCUT2D eigenvalue weighted by atomic mass is 16.2. The molecule has 1 aliphatic rings. The maximum atomic E-state index is 12.1. The van der Waals surface area contributed by atoms with Crippen LogP contribution in [0.25, 0.3) is 0 Å². The van der Waals surface area contributed by atoms with Gasteiger partial charge in [-0.25, -0.2) is 15.0 Å². The van der Waals surface area contributed by atoms with Crippen LogP contribution in [0.5, 0.6) is 0 Å². The molecule has 1 aliphatic heterocycles. The molecule has 0 aromatic carbocycles. The van der Waals surface area contributed by atoms with Crippen molar-refractivity contribution in [3.63, 3.8) is 0 Å². The fourth-order valence-corrected chi connectivity index (χ4v) is 3.23. The Balaban J connectivity index is 1.82. The molecule has 3 rings (SSSR count). The zero-order valence-corrected chi connectivity index (χ0v) is 15.9. The minimum absolute atomic E-state index is 0.116. The number of aromatic nitrogens is 3. The number of pyridine rings is 1. The minimum atomic E-state index is 0.116. The van der Waals surface area contributed by atoms with Gasteiger partial charge in [0.2, 0.25) is 5.91 Å². The van der Waals surface area contributed by atoms with E-state index in [0.717, 1.165) is 42.3 Å². The Morgan fingerprint density at radius 3 is 2.88 bits per heavy atom. The molecule has 2 aromatic rings. The van der Waals surface area contributed by atoms with E-state index in [-0.39, 0.29) is 11.9 Å². The van der Waals surface area contributed by atoms with Crippen molar-refractivity contribution >= 4 is 17.5 Å². The molecule has 2 aromatic heterocycles. The summed E-state index contributed by atoms with van der Waals surface area (Å²) >= 11 is 0. The summed E-state index contributed by atoms with van der Waals surface area (Å²) < 4.78 is 0. The molecule has 0 radical (unpaired) electrons. The van der Waals surface area contributed by atoms with Gasteiger partial charge in [0.15, 0.2) is 0 Å². The Morgan fingerprint density at radius 2 is 2.15 bits per heavy atom. The number of hydrogen-bond acceptors (Lipinski definition) is 6. The second kappa shape index (κ2) is 7.78. The van der Waals surface area contributed by atoms with E-state index >= 15 is 0 Å². The number of likely N-dealkylation sites (tertiary alicyclic amines) is 1. The van der Waals surface area contributed by atoms with E-state index < -0.39 is 0 Å². The van der Waals surface area contributed by atoms with E-state index in [1.165, 1.54) is 0 Å². The predicted octanol–water partition coefficient (Wildman–Crippen LogP) is 2.46. The van der Waals surface area contributed by atoms with Gasteiger partial charge in [-0.15, -0.1) is 0 Å². The van der Waals surface area contributed by atoms with Crippen LogP contribution in [0.15, 0.2) is 24.4 Å². The number of rotatable bonds is 5. The fourth-order valence-electron chi connectivity index (χ4n) is 3.23. The van der Waals surface area contributed by atoms with Crippen LogP contribution in [-0.2, 0) is 4.79 Å². The van der Waals surface area contributed by atoms with Crippen molar-refractivity contribution in [3.05, 3.63) is 41.5 Å². The monoisotopic (exact) mass is 354 g/mol. The second-order valence-corrected chi connectivity index (χ2v) is 6.94. The van der Waals surface area contributed by atoms with Gasteiger partial charge in [-0.05, 0) is 44.9 Å². The highest BCUT2D eigenvalue weighted by Gasteiger charge is 2.29. The molecule has 1 atom stereocenters.